The van der Waals surface area contributed by atoms with Gasteiger partial charge in [0.2, 0.25) is 0 Å². The fraction of sp³-hybridized carbons (Fsp3) is 0.167. The molecule has 0 fully saturated rings. The summed E-state index contributed by atoms with van der Waals surface area (Å²) in [5.74, 6) is 0. The summed E-state index contributed by atoms with van der Waals surface area (Å²) in [6.07, 6.45) is 2.35. The van der Waals surface area contributed by atoms with Gasteiger partial charge >= 0.3 is 0 Å². The van der Waals surface area contributed by atoms with Gasteiger partial charge in [0.25, 0.3) is 0 Å². The van der Waals surface area contributed by atoms with Gasteiger partial charge in [0.05, 0.1) is 11.4 Å². The van der Waals surface area contributed by atoms with Crippen molar-refractivity contribution in [1.29, 1.82) is 0 Å². The van der Waals surface area contributed by atoms with Crippen molar-refractivity contribution in [1.82, 2.24) is 30.4 Å². The van der Waals surface area contributed by atoms with Crippen molar-refractivity contribution in [3.63, 3.8) is 0 Å². The van der Waals surface area contributed by atoms with Crippen molar-refractivity contribution >= 4 is 0 Å². The van der Waals surface area contributed by atoms with E-state index in [4.69, 9.17) is 5.73 Å². The van der Waals surface area contributed by atoms with Gasteiger partial charge in [-0.3, -0.25) is 5.10 Å². The molecule has 1 aromatic carbocycles. The van der Waals surface area contributed by atoms with Crippen molar-refractivity contribution in [3.05, 3.63) is 42.4 Å². The number of hydrogen-bond donors (Lipinski definition) is 2. The molecule has 96 valence electrons. The van der Waals surface area contributed by atoms with Crippen molar-refractivity contribution in [3.8, 4) is 16.9 Å². The van der Waals surface area contributed by atoms with E-state index in [1.165, 1.54) is 0 Å². The Hall–Kier alpha value is -2.54. The van der Waals surface area contributed by atoms with E-state index >= 15 is 0 Å². The minimum atomic E-state index is 0.603. The van der Waals surface area contributed by atoms with Gasteiger partial charge in [-0.25, -0.2) is 4.68 Å². The summed E-state index contributed by atoms with van der Waals surface area (Å²) < 4.78 is 1.61. The van der Waals surface area contributed by atoms with Crippen LogP contribution in [-0.2, 0) is 6.42 Å². The zero-order valence-corrected chi connectivity index (χ0v) is 10.2. The molecule has 7 heteroatoms. The highest BCUT2D eigenvalue weighted by molar-refractivity contribution is 5.62. The number of tetrazole rings is 1. The van der Waals surface area contributed by atoms with Gasteiger partial charge in [-0.15, -0.1) is 5.10 Å². The van der Waals surface area contributed by atoms with Gasteiger partial charge < -0.3 is 5.73 Å². The second-order valence-corrected chi connectivity index (χ2v) is 4.12. The molecule has 3 aromatic rings. The molecule has 0 saturated carbocycles. The van der Waals surface area contributed by atoms with E-state index < -0.39 is 0 Å². The largest absolute Gasteiger partial charge is 0.330 e. The maximum absolute atomic E-state index is 5.52. The molecule has 2 heterocycles. The summed E-state index contributed by atoms with van der Waals surface area (Å²) in [5, 5.41) is 18.4. The molecule has 2 aromatic heterocycles. The second kappa shape index (κ2) is 4.99. The quantitative estimate of drug-likeness (QED) is 0.709. The lowest BCUT2D eigenvalue weighted by atomic mass is 10.1. The summed E-state index contributed by atoms with van der Waals surface area (Å²) in [4.78, 5) is 0. The summed E-state index contributed by atoms with van der Waals surface area (Å²) in [6.45, 7) is 0.603. The van der Waals surface area contributed by atoms with Crippen LogP contribution in [0.15, 0.2) is 36.7 Å². The van der Waals surface area contributed by atoms with Crippen LogP contribution in [0.2, 0.25) is 0 Å². The van der Waals surface area contributed by atoms with Crippen LogP contribution >= 0.6 is 0 Å². The monoisotopic (exact) mass is 255 g/mol. The van der Waals surface area contributed by atoms with Gasteiger partial charge in [-0.05, 0) is 35.2 Å². The molecule has 0 saturated heterocycles. The highest BCUT2D eigenvalue weighted by Crippen LogP contribution is 2.20. The number of aromatic nitrogens is 6. The van der Waals surface area contributed by atoms with E-state index in [2.05, 4.69) is 25.7 Å². The number of aromatic amines is 1. The molecule has 0 unspecified atom stereocenters. The molecule has 3 N–H and O–H groups in total. The zero-order valence-electron chi connectivity index (χ0n) is 10.2. The van der Waals surface area contributed by atoms with Gasteiger partial charge in [0.1, 0.15) is 6.33 Å². The molecule has 0 aliphatic heterocycles. The molecule has 0 spiro atoms. The predicted octanol–water partition coefficient (Wildman–Crippen LogP) is 0.554. The van der Waals surface area contributed by atoms with Crippen LogP contribution in [0.4, 0.5) is 0 Å². The van der Waals surface area contributed by atoms with E-state index in [9.17, 15) is 0 Å². The summed E-state index contributed by atoms with van der Waals surface area (Å²) in [7, 11) is 0. The number of nitrogens with two attached hydrogens (primary N) is 1. The Morgan fingerprint density at radius 3 is 3.00 bits per heavy atom. The fourth-order valence-corrected chi connectivity index (χ4v) is 1.88. The minimum absolute atomic E-state index is 0.603. The van der Waals surface area contributed by atoms with Crippen LogP contribution in [0.25, 0.3) is 16.9 Å². The third kappa shape index (κ3) is 2.36. The summed E-state index contributed by atoms with van der Waals surface area (Å²) in [5.41, 5.74) is 9.34. The van der Waals surface area contributed by atoms with Crippen molar-refractivity contribution < 1.29 is 0 Å². The van der Waals surface area contributed by atoms with Crippen LogP contribution < -0.4 is 5.73 Å². The SMILES string of the molecule is NCCc1cc(-c2cccc(-n3cnnn3)c2)n[nH]1. The molecule has 3 rings (SSSR count). The molecule has 0 bridgehead atoms. The molecule has 0 radical (unpaired) electrons. The van der Waals surface area contributed by atoms with Crippen LogP contribution in [0.1, 0.15) is 5.69 Å². The molecule has 7 nitrogen and oxygen atoms in total. The van der Waals surface area contributed by atoms with Gasteiger partial charge in [-0.2, -0.15) is 5.10 Å². The third-order valence-corrected chi connectivity index (χ3v) is 2.80. The Kier molecular flexibility index (Phi) is 3.03. The average Bonchev–Trinajstić information content (AvgIpc) is 3.11. The van der Waals surface area contributed by atoms with Gasteiger partial charge in [-0.1, -0.05) is 12.1 Å². The number of nitrogens with zero attached hydrogens (tertiary/aromatic N) is 5. The van der Waals surface area contributed by atoms with Crippen molar-refractivity contribution in [2.75, 3.05) is 6.54 Å². The third-order valence-electron chi connectivity index (χ3n) is 2.80. The van der Waals surface area contributed by atoms with Crippen molar-refractivity contribution in [2.24, 2.45) is 5.73 Å². The lowest BCUT2D eigenvalue weighted by molar-refractivity contribution is 0.789. The van der Waals surface area contributed by atoms with Gasteiger partial charge in [0.15, 0.2) is 0 Å². The number of H-pyrrole nitrogens is 1. The lowest BCUT2D eigenvalue weighted by Gasteiger charge is -2.01. The Bertz CT molecular complexity index is 656. The number of hydrogen-bond acceptors (Lipinski definition) is 5. The highest BCUT2D eigenvalue weighted by Gasteiger charge is 2.05. The maximum atomic E-state index is 5.52. The molecule has 19 heavy (non-hydrogen) atoms. The zero-order chi connectivity index (χ0) is 13.1. The highest BCUT2D eigenvalue weighted by atomic mass is 15.5. The molecular formula is C12H13N7. The first-order valence-electron chi connectivity index (χ1n) is 5.95. The standard InChI is InChI=1S/C12H13N7/c13-5-4-10-7-12(16-15-10)9-2-1-3-11(6-9)19-8-14-17-18-19/h1-3,6-8H,4-5,13H2,(H,15,16). The smallest absolute Gasteiger partial charge is 0.143 e. The van der Waals surface area contributed by atoms with E-state index in [1.54, 1.807) is 11.0 Å². The molecule has 0 aliphatic carbocycles. The summed E-state index contributed by atoms with van der Waals surface area (Å²) >= 11 is 0. The van der Waals surface area contributed by atoms with E-state index in [0.717, 1.165) is 29.1 Å². The first-order valence-corrected chi connectivity index (χ1v) is 5.95. The van der Waals surface area contributed by atoms with Gasteiger partial charge in [0, 0.05) is 17.7 Å². The average molecular weight is 255 g/mol. The minimum Gasteiger partial charge on any atom is -0.330 e. The molecule has 0 atom stereocenters. The summed E-state index contributed by atoms with van der Waals surface area (Å²) in [6, 6.07) is 9.87. The maximum Gasteiger partial charge on any atom is 0.143 e. The van der Waals surface area contributed by atoms with Crippen LogP contribution in [0, 0.1) is 0 Å². The fourth-order valence-electron chi connectivity index (χ4n) is 1.88. The van der Waals surface area contributed by atoms with Crippen molar-refractivity contribution in [2.45, 2.75) is 6.42 Å². The Morgan fingerprint density at radius 2 is 2.21 bits per heavy atom. The first-order chi connectivity index (χ1) is 9.36. The predicted molar refractivity (Wildman–Crippen MR) is 69.5 cm³/mol. The van der Waals surface area contributed by atoms with E-state index in [0.29, 0.717) is 6.54 Å². The topological polar surface area (TPSA) is 98.3 Å². The molecule has 0 aliphatic rings. The first kappa shape index (κ1) is 11.5. The van der Waals surface area contributed by atoms with Crippen LogP contribution in [-0.4, -0.2) is 36.9 Å². The molecule has 0 amide bonds. The Morgan fingerprint density at radius 1 is 1.26 bits per heavy atom. The van der Waals surface area contributed by atoms with Crippen LogP contribution in [0.5, 0.6) is 0 Å². The Balaban J connectivity index is 1.94. The molecular weight excluding hydrogens is 242 g/mol. The number of benzene rings is 1. The second-order valence-electron chi connectivity index (χ2n) is 4.12. The number of rotatable bonds is 4. The Labute approximate surface area is 109 Å². The lowest BCUT2D eigenvalue weighted by Crippen LogP contribution is -2.02. The van der Waals surface area contributed by atoms with E-state index in [-0.39, 0.29) is 0 Å². The van der Waals surface area contributed by atoms with E-state index in [1.807, 2.05) is 30.3 Å². The normalized spacial score (nSPS) is 10.8. The number of nitrogens with one attached hydrogen (secondary N) is 1. The van der Waals surface area contributed by atoms with Crippen LogP contribution in [0.3, 0.4) is 0 Å².